The van der Waals surface area contributed by atoms with Gasteiger partial charge >= 0.3 is 5.97 Å². The standard InChI is InChI=1S/C14H17ClO3/c15-13-8-11(6-7-12(13)14(16)17)18-9-10-4-2-1-3-5-10/h6-8,10H,1-5,9H2,(H,16,17). The van der Waals surface area contributed by atoms with Gasteiger partial charge in [-0.25, -0.2) is 4.79 Å². The molecule has 0 unspecified atom stereocenters. The Kier molecular flexibility index (Phi) is 4.48. The quantitative estimate of drug-likeness (QED) is 0.898. The lowest BCUT2D eigenvalue weighted by Crippen LogP contribution is -2.15. The Morgan fingerprint density at radius 3 is 2.67 bits per heavy atom. The molecule has 1 aliphatic carbocycles. The lowest BCUT2D eigenvalue weighted by atomic mass is 9.90. The van der Waals surface area contributed by atoms with Crippen molar-refractivity contribution in [3.63, 3.8) is 0 Å². The molecule has 0 radical (unpaired) electrons. The number of hydrogen-bond donors (Lipinski definition) is 1. The maximum atomic E-state index is 10.8. The minimum absolute atomic E-state index is 0.113. The molecule has 0 amide bonds. The van der Waals surface area contributed by atoms with Crippen LogP contribution in [0.5, 0.6) is 5.75 Å². The molecule has 0 spiro atoms. The lowest BCUT2D eigenvalue weighted by molar-refractivity contribution is 0.0697. The molecule has 1 aliphatic rings. The van der Waals surface area contributed by atoms with Gasteiger partial charge in [0, 0.05) is 0 Å². The monoisotopic (exact) mass is 268 g/mol. The Morgan fingerprint density at radius 1 is 1.33 bits per heavy atom. The van der Waals surface area contributed by atoms with E-state index in [0.717, 1.165) is 0 Å². The van der Waals surface area contributed by atoms with E-state index in [0.29, 0.717) is 18.3 Å². The number of carbonyl (C=O) groups is 1. The van der Waals surface area contributed by atoms with Crippen LogP contribution < -0.4 is 4.74 Å². The first-order valence-electron chi connectivity index (χ1n) is 6.32. The van der Waals surface area contributed by atoms with Gasteiger partial charge in [0.1, 0.15) is 5.75 Å². The summed E-state index contributed by atoms with van der Waals surface area (Å²) in [5.74, 6) is 0.256. The fourth-order valence-electron chi connectivity index (χ4n) is 2.33. The van der Waals surface area contributed by atoms with Gasteiger partial charge in [-0.05, 0) is 37.0 Å². The molecule has 0 atom stereocenters. The number of aromatic carboxylic acids is 1. The summed E-state index contributed by atoms with van der Waals surface area (Å²) in [6.45, 7) is 0.697. The summed E-state index contributed by atoms with van der Waals surface area (Å²) in [5, 5.41) is 9.09. The van der Waals surface area contributed by atoms with Crippen LogP contribution in [0.1, 0.15) is 42.5 Å². The molecule has 0 saturated heterocycles. The second kappa shape index (κ2) is 6.10. The second-order valence-electron chi connectivity index (χ2n) is 4.76. The Bertz CT molecular complexity index is 425. The van der Waals surface area contributed by atoms with Crippen LogP contribution in [0.15, 0.2) is 18.2 Å². The minimum Gasteiger partial charge on any atom is -0.493 e. The SMILES string of the molecule is O=C(O)c1ccc(OCC2CCCCC2)cc1Cl. The highest BCUT2D eigenvalue weighted by molar-refractivity contribution is 6.33. The van der Waals surface area contributed by atoms with Crippen molar-refractivity contribution >= 4 is 17.6 Å². The molecular formula is C14H17ClO3. The van der Waals surface area contributed by atoms with E-state index in [1.807, 2.05) is 0 Å². The van der Waals surface area contributed by atoms with Crippen molar-refractivity contribution in [1.29, 1.82) is 0 Å². The smallest absolute Gasteiger partial charge is 0.337 e. The van der Waals surface area contributed by atoms with Crippen LogP contribution in [0, 0.1) is 5.92 Å². The third-order valence-electron chi connectivity index (χ3n) is 3.38. The molecule has 0 bridgehead atoms. The van der Waals surface area contributed by atoms with Crippen molar-refractivity contribution in [2.75, 3.05) is 6.61 Å². The summed E-state index contributed by atoms with van der Waals surface area (Å²) >= 11 is 5.89. The van der Waals surface area contributed by atoms with Crippen molar-refractivity contribution < 1.29 is 14.6 Å². The predicted molar refractivity (Wildman–Crippen MR) is 70.5 cm³/mol. The molecule has 98 valence electrons. The molecule has 0 aliphatic heterocycles. The molecule has 0 aromatic heterocycles. The first-order valence-corrected chi connectivity index (χ1v) is 6.70. The third kappa shape index (κ3) is 3.39. The average molecular weight is 269 g/mol. The van der Waals surface area contributed by atoms with Gasteiger partial charge in [0.15, 0.2) is 0 Å². The highest BCUT2D eigenvalue weighted by Gasteiger charge is 2.15. The second-order valence-corrected chi connectivity index (χ2v) is 5.17. The highest BCUT2D eigenvalue weighted by Crippen LogP contribution is 2.26. The molecule has 1 N–H and O–H groups in total. The topological polar surface area (TPSA) is 46.5 Å². The van der Waals surface area contributed by atoms with Crippen LogP contribution in [0.4, 0.5) is 0 Å². The molecule has 1 aromatic carbocycles. The minimum atomic E-state index is -1.01. The van der Waals surface area contributed by atoms with E-state index in [1.165, 1.54) is 38.2 Å². The molecule has 4 heteroatoms. The van der Waals surface area contributed by atoms with Crippen molar-refractivity contribution in [1.82, 2.24) is 0 Å². The normalized spacial score (nSPS) is 16.5. The summed E-state index contributed by atoms with van der Waals surface area (Å²) in [5.41, 5.74) is 0.113. The Balaban J connectivity index is 1.93. The van der Waals surface area contributed by atoms with E-state index in [1.54, 1.807) is 12.1 Å². The first-order chi connectivity index (χ1) is 8.66. The van der Waals surface area contributed by atoms with Gasteiger partial charge in [0.05, 0.1) is 17.2 Å². The molecule has 18 heavy (non-hydrogen) atoms. The molecule has 2 rings (SSSR count). The molecule has 1 aromatic rings. The van der Waals surface area contributed by atoms with Gasteiger partial charge in [0.25, 0.3) is 0 Å². The van der Waals surface area contributed by atoms with Gasteiger partial charge in [0.2, 0.25) is 0 Å². The number of benzene rings is 1. The highest BCUT2D eigenvalue weighted by atomic mass is 35.5. The summed E-state index contributed by atoms with van der Waals surface area (Å²) in [7, 11) is 0. The van der Waals surface area contributed by atoms with E-state index >= 15 is 0 Å². The summed E-state index contributed by atoms with van der Waals surface area (Å²) in [6, 6.07) is 4.73. The number of carboxylic acids is 1. The van der Waals surface area contributed by atoms with E-state index in [-0.39, 0.29) is 10.6 Å². The Hall–Kier alpha value is -1.22. The first kappa shape index (κ1) is 13.2. The van der Waals surface area contributed by atoms with Crippen LogP contribution in [0.25, 0.3) is 0 Å². The van der Waals surface area contributed by atoms with Crippen LogP contribution in [0.2, 0.25) is 5.02 Å². The zero-order valence-corrected chi connectivity index (χ0v) is 10.9. The summed E-state index contributed by atoms with van der Waals surface area (Å²) in [4.78, 5) is 10.8. The van der Waals surface area contributed by atoms with E-state index in [2.05, 4.69) is 0 Å². The molecule has 0 heterocycles. The van der Waals surface area contributed by atoms with Gasteiger partial charge in [-0.2, -0.15) is 0 Å². The molecule has 1 saturated carbocycles. The number of rotatable bonds is 4. The summed E-state index contributed by atoms with van der Waals surface area (Å²) < 4.78 is 5.68. The number of hydrogen-bond acceptors (Lipinski definition) is 2. The average Bonchev–Trinajstić information content (AvgIpc) is 2.37. The van der Waals surface area contributed by atoms with E-state index in [9.17, 15) is 4.79 Å². The van der Waals surface area contributed by atoms with Crippen molar-refractivity contribution in [2.45, 2.75) is 32.1 Å². The van der Waals surface area contributed by atoms with E-state index < -0.39 is 5.97 Å². The molecule has 3 nitrogen and oxygen atoms in total. The maximum Gasteiger partial charge on any atom is 0.337 e. The number of carboxylic acid groups (broad SMARTS) is 1. The van der Waals surface area contributed by atoms with Gasteiger partial charge in [-0.3, -0.25) is 0 Å². The number of ether oxygens (including phenoxy) is 1. The van der Waals surface area contributed by atoms with Gasteiger partial charge in [-0.1, -0.05) is 30.9 Å². The zero-order valence-electron chi connectivity index (χ0n) is 10.2. The molecular weight excluding hydrogens is 252 g/mol. The maximum absolute atomic E-state index is 10.8. The third-order valence-corrected chi connectivity index (χ3v) is 3.69. The zero-order chi connectivity index (χ0) is 13.0. The van der Waals surface area contributed by atoms with Gasteiger partial charge in [-0.15, -0.1) is 0 Å². The summed E-state index contributed by atoms with van der Waals surface area (Å²) in [6.07, 6.45) is 6.34. The lowest BCUT2D eigenvalue weighted by Gasteiger charge is -2.21. The number of halogens is 1. The fourth-order valence-corrected chi connectivity index (χ4v) is 2.58. The predicted octanol–water partition coefficient (Wildman–Crippen LogP) is 4.00. The van der Waals surface area contributed by atoms with Crippen LogP contribution >= 0.6 is 11.6 Å². The largest absolute Gasteiger partial charge is 0.493 e. The van der Waals surface area contributed by atoms with Crippen LogP contribution in [-0.4, -0.2) is 17.7 Å². The Morgan fingerprint density at radius 2 is 2.06 bits per heavy atom. The molecule has 1 fully saturated rings. The van der Waals surface area contributed by atoms with Crippen LogP contribution in [0.3, 0.4) is 0 Å². The van der Waals surface area contributed by atoms with Crippen molar-refractivity contribution in [3.05, 3.63) is 28.8 Å². The van der Waals surface area contributed by atoms with Crippen LogP contribution in [-0.2, 0) is 0 Å². The van der Waals surface area contributed by atoms with E-state index in [4.69, 9.17) is 21.4 Å². The van der Waals surface area contributed by atoms with Crippen molar-refractivity contribution in [2.24, 2.45) is 5.92 Å². The van der Waals surface area contributed by atoms with Crippen molar-refractivity contribution in [3.8, 4) is 5.75 Å². The Labute approximate surface area is 112 Å². The van der Waals surface area contributed by atoms with Gasteiger partial charge < -0.3 is 9.84 Å². The fraction of sp³-hybridized carbons (Fsp3) is 0.500.